The second-order valence-corrected chi connectivity index (χ2v) is 7.94. The summed E-state index contributed by atoms with van der Waals surface area (Å²) in [5, 5.41) is 0. The standard InChI is InChI=1S/C22H37N5O.ClH/c1-4-5-6-7-8-9-10-11-12-16-28-19-15-13-14-18(17-19)27-21(24)25-20(23)26-22(27,2)3;/h13-15,17H,4-12,16H2,1-3H3,(H4,23,24,25,26);1H. The molecule has 0 fully saturated rings. The van der Waals surface area contributed by atoms with Crippen molar-refractivity contribution in [1.82, 2.24) is 0 Å². The van der Waals surface area contributed by atoms with Crippen molar-refractivity contribution in [2.45, 2.75) is 84.2 Å². The van der Waals surface area contributed by atoms with Crippen LogP contribution in [0.15, 0.2) is 34.3 Å². The highest BCUT2D eigenvalue weighted by Crippen LogP contribution is 2.30. The highest BCUT2D eigenvalue weighted by atomic mass is 35.5. The van der Waals surface area contributed by atoms with Crippen molar-refractivity contribution in [3.05, 3.63) is 24.3 Å². The molecule has 2 rings (SSSR count). The van der Waals surface area contributed by atoms with Gasteiger partial charge in [-0.05, 0) is 32.4 Å². The summed E-state index contributed by atoms with van der Waals surface area (Å²) in [4.78, 5) is 10.4. The topological polar surface area (TPSA) is 89.2 Å². The smallest absolute Gasteiger partial charge is 0.220 e. The summed E-state index contributed by atoms with van der Waals surface area (Å²) in [6.07, 6.45) is 11.8. The molecule has 0 unspecified atom stereocenters. The third kappa shape index (κ3) is 8.13. The van der Waals surface area contributed by atoms with Gasteiger partial charge in [0.2, 0.25) is 11.9 Å². The number of hydrogen-bond donors (Lipinski definition) is 2. The number of anilines is 1. The number of guanidine groups is 2. The number of halogens is 1. The van der Waals surface area contributed by atoms with Crippen molar-refractivity contribution in [1.29, 1.82) is 0 Å². The van der Waals surface area contributed by atoms with Crippen LogP contribution in [0.2, 0.25) is 0 Å². The summed E-state index contributed by atoms with van der Waals surface area (Å²) in [7, 11) is 0. The van der Waals surface area contributed by atoms with E-state index < -0.39 is 5.66 Å². The van der Waals surface area contributed by atoms with Gasteiger partial charge in [0.1, 0.15) is 11.4 Å². The Morgan fingerprint density at radius 2 is 1.59 bits per heavy atom. The van der Waals surface area contributed by atoms with E-state index in [1.807, 2.05) is 43.0 Å². The van der Waals surface area contributed by atoms with E-state index >= 15 is 0 Å². The van der Waals surface area contributed by atoms with Crippen molar-refractivity contribution < 1.29 is 4.74 Å². The zero-order valence-corrected chi connectivity index (χ0v) is 19.0. The molecular weight excluding hydrogens is 386 g/mol. The summed E-state index contributed by atoms with van der Waals surface area (Å²) in [5.41, 5.74) is 12.2. The number of aliphatic imine (C=N–C) groups is 2. The third-order valence-corrected chi connectivity index (χ3v) is 4.99. The SMILES string of the molecule is CCCCCCCCCCCOc1cccc(N2C(N)=NC(N)=NC2(C)C)c1.Cl. The van der Waals surface area contributed by atoms with Crippen molar-refractivity contribution >= 4 is 30.0 Å². The molecule has 1 heterocycles. The van der Waals surface area contributed by atoms with Gasteiger partial charge in [-0.1, -0.05) is 64.4 Å². The van der Waals surface area contributed by atoms with Gasteiger partial charge >= 0.3 is 0 Å². The Hall–Kier alpha value is -1.95. The van der Waals surface area contributed by atoms with E-state index in [2.05, 4.69) is 16.9 Å². The van der Waals surface area contributed by atoms with E-state index in [-0.39, 0.29) is 18.4 Å². The Balaban J connectivity index is 0.00000420. The summed E-state index contributed by atoms with van der Waals surface area (Å²) in [6.45, 7) is 6.90. The number of nitrogens with two attached hydrogens (primary N) is 2. The highest BCUT2D eigenvalue weighted by molar-refractivity contribution is 6.05. The number of benzene rings is 1. The molecule has 0 bridgehead atoms. The zero-order valence-electron chi connectivity index (χ0n) is 18.2. The highest BCUT2D eigenvalue weighted by Gasteiger charge is 2.33. The van der Waals surface area contributed by atoms with E-state index in [1.165, 1.54) is 51.4 Å². The Bertz CT molecular complexity index is 675. The van der Waals surface area contributed by atoms with E-state index in [4.69, 9.17) is 16.2 Å². The molecule has 1 aliphatic heterocycles. The van der Waals surface area contributed by atoms with Crippen LogP contribution >= 0.6 is 12.4 Å². The van der Waals surface area contributed by atoms with Crippen LogP contribution in [0.3, 0.4) is 0 Å². The molecule has 0 spiro atoms. The lowest BCUT2D eigenvalue weighted by Crippen LogP contribution is -2.54. The number of ether oxygens (including phenoxy) is 1. The molecule has 6 nitrogen and oxygen atoms in total. The van der Waals surface area contributed by atoms with Gasteiger partial charge in [-0.25, -0.2) is 4.99 Å². The number of hydrogen-bond acceptors (Lipinski definition) is 6. The number of rotatable bonds is 12. The van der Waals surface area contributed by atoms with Crippen LogP contribution in [0.25, 0.3) is 0 Å². The van der Waals surface area contributed by atoms with Crippen LogP contribution in [0, 0.1) is 0 Å². The first kappa shape index (κ1) is 25.1. The van der Waals surface area contributed by atoms with Gasteiger partial charge in [-0.2, -0.15) is 4.99 Å². The molecule has 0 radical (unpaired) electrons. The van der Waals surface area contributed by atoms with E-state index in [1.54, 1.807) is 0 Å². The summed E-state index contributed by atoms with van der Waals surface area (Å²) in [6, 6.07) is 7.90. The minimum absolute atomic E-state index is 0. The Morgan fingerprint density at radius 1 is 0.966 bits per heavy atom. The molecule has 7 heteroatoms. The van der Waals surface area contributed by atoms with Gasteiger partial charge in [0, 0.05) is 11.8 Å². The normalized spacial score (nSPS) is 15.3. The minimum atomic E-state index is -0.592. The van der Waals surface area contributed by atoms with Crippen molar-refractivity contribution in [3.63, 3.8) is 0 Å². The van der Waals surface area contributed by atoms with Crippen molar-refractivity contribution in [2.24, 2.45) is 21.5 Å². The maximum atomic E-state index is 6.11. The first-order valence-corrected chi connectivity index (χ1v) is 10.7. The largest absolute Gasteiger partial charge is 0.494 e. The van der Waals surface area contributed by atoms with Gasteiger partial charge in [0.15, 0.2) is 0 Å². The monoisotopic (exact) mass is 423 g/mol. The molecule has 1 aliphatic rings. The predicted octanol–water partition coefficient (Wildman–Crippen LogP) is 5.20. The maximum absolute atomic E-state index is 6.11. The fourth-order valence-electron chi connectivity index (χ4n) is 3.57. The molecule has 0 aromatic heterocycles. The lowest BCUT2D eigenvalue weighted by atomic mass is 10.1. The number of nitrogens with zero attached hydrogens (tertiary/aromatic N) is 3. The summed E-state index contributed by atoms with van der Waals surface area (Å²) >= 11 is 0. The average Bonchev–Trinajstić information content (AvgIpc) is 2.62. The van der Waals surface area contributed by atoms with Crippen LogP contribution in [0.4, 0.5) is 5.69 Å². The Labute approximate surface area is 182 Å². The van der Waals surface area contributed by atoms with E-state index in [0.717, 1.165) is 24.5 Å². The second-order valence-electron chi connectivity index (χ2n) is 7.94. The van der Waals surface area contributed by atoms with Crippen LogP contribution < -0.4 is 21.1 Å². The summed E-state index contributed by atoms with van der Waals surface area (Å²) < 4.78 is 5.95. The van der Waals surface area contributed by atoms with E-state index in [0.29, 0.717) is 5.96 Å². The lowest BCUT2D eigenvalue weighted by Gasteiger charge is -2.38. The van der Waals surface area contributed by atoms with E-state index in [9.17, 15) is 0 Å². The van der Waals surface area contributed by atoms with Crippen molar-refractivity contribution in [2.75, 3.05) is 11.5 Å². The predicted molar refractivity (Wildman–Crippen MR) is 126 cm³/mol. The molecule has 4 N–H and O–H groups in total. The molecule has 0 atom stereocenters. The van der Waals surface area contributed by atoms with Crippen LogP contribution in [0.5, 0.6) is 5.75 Å². The zero-order chi connectivity index (χ0) is 20.4. The Kier molecular flexibility index (Phi) is 10.9. The molecule has 1 aromatic rings. The van der Waals surface area contributed by atoms with Crippen LogP contribution in [0.1, 0.15) is 78.6 Å². The number of unbranched alkanes of at least 4 members (excludes halogenated alkanes) is 8. The van der Waals surface area contributed by atoms with Crippen LogP contribution in [-0.2, 0) is 0 Å². The average molecular weight is 424 g/mol. The van der Waals surface area contributed by atoms with Crippen molar-refractivity contribution in [3.8, 4) is 5.75 Å². The molecule has 0 saturated carbocycles. The first-order valence-electron chi connectivity index (χ1n) is 10.7. The maximum Gasteiger partial charge on any atom is 0.220 e. The van der Waals surface area contributed by atoms with Gasteiger partial charge in [0.25, 0.3) is 0 Å². The van der Waals surface area contributed by atoms with Gasteiger partial charge in [-0.3, -0.25) is 4.90 Å². The molecule has 164 valence electrons. The van der Waals surface area contributed by atoms with Gasteiger partial charge in [-0.15, -0.1) is 12.4 Å². The quantitative estimate of drug-likeness (QED) is 0.452. The molecule has 29 heavy (non-hydrogen) atoms. The second kappa shape index (κ2) is 12.6. The first-order chi connectivity index (χ1) is 13.4. The minimum Gasteiger partial charge on any atom is -0.494 e. The lowest BCUT2D eigenvalue weighted by molar-refractivity contribution is 0.304. The third-order valence-electron chi connectivity index (χ3n) is 4.99. The van der Waals surface area contributed by atoms with Gasteiger partial charge in [0.05, 0.1) is 6.61 Å². The van der Waals surface area contributed by atoms with Gasteiger partial charge < -0.3 is 16.2 Å². The molecule has 1 aromatic carbocycles. The molecular formula is C22H38ClN5O. The fourth-order valence-corrected chi connectivity index (χ4v) is 3.57. The van der Waals surface area contributed by atoms with Crippen LogP contribution in [-0.4, -0.2) is 24.2 Å². The fraction of sp³-hybridized carbons (Fsp3) is 0.636. The Morgan fingerprint density at radius 3 is 2.21 bits per heavy atom. The molecule has 0 amide bonds. The summed E-state index contributed by atoms with van der Waals surface area (Å²) in [5.74, 6) is 1.38. The molecule has 0 aliphatic carbocycles. The molecule has 0 saturated heterocycles.